The molecule has 1 amide bonds. The van der Waals surface area contributed by atoms with E-state index in [0.717, 1.165) is 31.5 Å². The number of nitrogens with zero attached hydrogens (tertiary/aromatic N) is 2. The van der Waals surface area contributed by atoms with E-state index < -0.39 is 0 Å². The largest absolute Gasteiger partial charge is 0.508 e. The first-order valence-electron chi connectivity index (χ1n) is 9.10. The molecule has 0 spiro atoms. The van der Waals surface area contributed by atoms with E-state index in [0.29, 0.717) is 30.0 Å². The fourth-order valence-electron chi connectivity index (χ4n) is 5.25. The molecule has 4 fully saturated rings. The second kappa shape index (κ2) is 5.63. The molecule has 0 unspecified atom stereocenters. The van der Waals surface area contributed by atoms with Crippen LogP contribution < -0.4 is 0 Å². The average Bonchev–Trinajstić information content (AvgIpc) is 3.31. The van der Waals surface area contributed by atoms with E-state index in [2.05, 4.69) is 11.0 Å². The van der Waals surface area contributed by atoms with E-state index in [1.165, 1.54) is 0 Å². The third-order valence-corrected chi connectivity index (χ3v) is 6.29. The summed E-state index contributed by atoms with van der Waals surface area (Å²) in [4.78, 5) is 17.6. The van der Waals surface area contributed by atoms with Gasteiger partial charge in [0.2, 0.25) is 0 Å². The quantitative estimate of drug-likeness (QED) is 0.915. The van der Waals surface area contributed by atoms with Crippen molar-refractivity contribution in [3.63, 3.8) is 0 Å². The Labute approximate surface area is 146 Å². The fourth-order valence-corrected chi connectivity index (χ4v) is 5.25. The normalized spacial score (nSPS) is 33.4. The second-order valence-electron chi connectivity index (χ2n) is 7.49. The number of phenols is 1. The first-order chi connectivity index (χ1) is 12.2. The van der Waals surface area contributed by atoms with Crippen molar-refractivity contribution in [3.05, 3.63) is 54.0 Å². The maximum Gasteiger partial charge on any atom is 0.289 e. The number of phenolic OH excluding ortho intramolecular Hbond substituents is 1. The minimum Gasteiger partial charge on any atom is -0.508 e. The van der Waals surface area contributed by atoms with Crippen LogP contribution in [0.1, 0.15) is 34.9 Å². The van der Waals surface area contributed by atoms with Crippen LogP contribution in [0.5, 0.6) is 5.75 Å². The number of carbonyl (C=O) groups is 1. The SMILES string of the molecule is O=C(c1ccco1)N1C[C@@H](c2cccc(O)c2)[C@@H]2[C@H]1C1CCN2CC1. The number of benzene rings is 1. The molecular weight excluding hydrogens is 316 g/mol. The number of piperidine rings is 3. The molecule has 1 aromatic carbocycles. The number of amides is 1. The van der Waals surface area contributed by atoms with Crippen molar-refractivity contribution in [3.8, 4) is 5.75 Å². The Morgan fingerprint density at radius 3 is 2.68 bits per heavy atom. The van der Waals surface area contributed by atoms with Crippen LogP contribution in [-0.4, -0.2) is 52.5 Å². The Hall–Kier alpha value is -2.27. The summed E-state index contributed by atoms with van der Waals surface area (Å²) in [6, 6.07) is 11.6. The molecule has 25 heavy (non-hydrogen) atoms. The molecular formula is C20H22N2O3. The van der Waals surface area contributed by atoms with Gasteiger partial charge < -0.3 is 14.4 Å². The zero-order valence-corrected chi connectivity index (χ0v) is 14.0. The summed E-state index contributed by atoms with van der Waals surface area (Å²) in [7, 11) is 0. The summed E-state index contributed by atoms with van der Waals surface area (Å²) < 4.78 is 5.38. The molecule has 5 nitrogen and oxygen atoms in total. The van der Waals surface area contributed by atoms with Gasteiger partial charge >= 0.3 is 0 Å². The van der Waals surface area contributed by atoms with Crippen molar-refractivity contribution in [1.29, 1.82) is 0 Å². The van der Waals surface area contributed by atoms with Gasteiger partial charge in [0.05, 0.1) is 12.3 Å². The lowest BCUT2D eigenvalue weighted by atomic mass is 9.75. The molecule has 4 saturated heterocycles. The van der Waals surface area contributed by atoms with Gasteiger partial charge in [-0.1, -0.05) is 12.1 Å². The van der Waals surface area contributed by atoms with Crippen LogP contribution in [-0.2, 0) is 0 Å². The summed E-state index contributed by atoms with van der Waals surface area (Å²) >= 11 is 0. The topological polar surface area (TPSA) is 56.9 Å². The Morgan fingerprint density at radius 2 is 1.96 bits per heavy atom. The van der Waals surface area contributed by atoms with Crippen LogP contribution in [0.4, 0.5) is 0 Å². The Balaban J connectivity index is 1.54. The molecule has 2 bridgehead atoms. The lowest BCUT2D eigenvalue weighted by Gasteiger charge is -2.51. The predicted octanol–water partition coefficient (Wildman–Crippen LogP) is 2.69. The van der Waals surface area contributed by atoms with Gasteiger partial charge in [-0.2, -0.15) is 0 Å². The number of hydrogen-bond acceptors (Lipinski definition) is 4. The lowest BCUT2D eigenvalue weighted by Crippen LogP contribution is -2.60. The van der Waals surface area contributed by atoms with Crippen LogP contribution in [0.15, 0.2) is 47.1 Å². The van der Waals surface area contributed by atoms with Crippen molar-refractivity contribution in [2.75, 3.05) is 19.6 Å². The molecule has 0 radical (unpaired) electrons. The van der Waals surface area contributed by atoms with Crippen LogP contribution in [0.25, 0.3) is 0 Å². The third kappa shape index (κ3) is 2.29. The molecule has 0 aliphatic carbocycles. The molecule has 0 saturated carbocycles. The average molecular weight is 338 g/mol. The maximum atomic E-state index is 13.0. The second-order valence-corrected chi connectivity index (χ2v) is 7.49. The van der Waals surface area contributed by atoms with Crippen molar-refractivity contribution < 1.29 is 14.3 Å². The van der Waals surface area contributed by atoms with E-state index in [4.69, 9.17) is 4.42 Å². The molecule has 1 N–H and O–H groups in total. The zero-order valence-electron chi connectivity index (χ0n) is 14.0. The van der Waals surface area contributed by atoms with Crippen LogP contribution >= 0.6 is 0 Å². The standard InChI is InChI=1S/C20H22N2O3/c23-15-4-1-3-14(11-15)16-12-22(20(24)17-5-2-10-25-17)18-13-6-8-21(9-7-13)19(16)18/h1-5,10-11,13,16,18-19,23H,6-9,12H2/t16-,18+,19+/m0/s1. The number of hydrogen-bond donors (Lipinski definition) is 1. The minimum atomic E-state index is -0.00333. The van der Waals surface area contributed by atoms with Crippen molar-refractivity contribution in [2.45, 2.75) is 30.8 Å². The number of carbonyl (C=O) groups excluding carboxylic acids is 1. The lowest BCUT2D eigenvalue weighted by molar-refractivity contribution is -0.00429. The summed E-state index contributed by atoms with van der Waals surface area (Å²) in [5.74, 6) is 1.51. The monoisotopic (exact) mass is 338 g/mol. The fraction of sp³-hybridized carbons (Fsp3) is 0.450. The highest BCUT2D eigenvalue weighted by atomic mass is 16.3. The Kier molecular flexibility index (Phi) is 3.38. The van der Waals surface area contributed by atoms with Gasteiger partial charge in [0.1, 0.15) is 5.75 Å². The molecule has 5 heteroatoms. The van der Waals surface area contributed by atoms with Gasteiger partial charge in [0.25, 0.3) is 5.91 Å². The molecule has 5 heterocycles. The van der Waals surface area contributed by atoms with Gasteiger partial charge in [-0.3, -0.25) is 9.69 Å². The van der Waals surface area contributed by atoms with Crippen molar-refractivity contribution in [2.24, 2.45) is 5.92 Å². The highest BCUT2D eigenvalue weighted by Crippen LogP contribution is 2.47. The number of fused-ring (bicyclic) bond motifs is 2. The number of aromatic hydroxyl groups is 1. The van der Waals surface area contributed by atoms with Crippen LogP contribution in [0, 0.1) is 5.92 Å². The minimum absolute atomic E-state index is 0.00333. The molecule has 4 aliphatic heterocycles. The molecule has 130 valence electrons. The van der Waals surface area contributed by atoms with E-state index in [-0.39, 0.29) is 17.9 Å². The smallest absolute Gasteiger partial charge is 0.289 e. The van der Waals surface area contributed by atoms with Crippen molar-refractivity contribution >= 4 is 5.91 Å². The number of rotatable bonds is 2. The molecule has 2 aromatic rings. The summed E-state index contributed by atoms with van der Waals surface area (Å²) in [6.07, 6.45) is 3.88. The summed E-state index contributed by atoms with van der Waals surface area (Å²) in [6.45, 7) is 2.92. The summed E-state index contributed by atoms with van der Waals surface area (Å²) in [5, 5.41) is 9.92. The van der Waals surface area contributed by atoms with Gasteiger partial charge in [0.15, 0.2) is 5.76 Å². The molecule has 3 atom stereocenters. The Morgan fingerprint density at radius 1 is 1.12 bits per heavy atom. The highest BCUT2D eigenvalue weighted by Gasteiger charge is 2.54. The van der Waals surface area contributed by atoms with Gasteiger partial charge in [0, 0.05) is 18.5 Å². The number of furan rings is 1. The van der Waals surface area contributed by atoms with Crippen molar-refractivity contribution in [1.82, 2.24) is 9.80 Å². The summed E-state index contributed by atoms with van der Waals surface area (Å²) in [5.41, 5.74) is 1.12. The first kappa shape index (κ1) is 15.0. The van der Waals surface area contributed by atoms with E-state index in [1.807, 2.05) is 17.0 Å². The zero-order chi connectivity index (χ0) is 17.0. The molecule has 6 rings (SSSR count). The highest BCUT2D eigenvalue weighted by molar-refractivity contribution is 5.92. The van der Waals surface area contributed by atoms with Crippen LogP contribution in [0.3, 0.4) is 0 Å². The van der Waals surface area contributed by atoms with E-state index in [9.17, 15) is 9.90 Å². The number of likely N-dealkylation sites (tertiary alicyclic amines) is 1. The predicted molar refractivity (Wildman–Crippen MR) is 92.5 cm³/mol. The first-order valence-corrected chi connectivity index (χ1v) is 9.10. The Bertz CT molecular complexity index is 780. The molecule has 1 aromatic heterocycles. The molecule has 4 aliphatic rings. The van der Waals surface area contributed by atoms with Gasteiger partial charge in [-0.25, -0.2) is 0 Å². The van der Waals surface area contributed by atoms with Gasteiger partial charge in [-0.05, 0) is 61.7 Å². The van der Waals surface area contributed by atoms with Gasteiger partial charge in [-0.15, -0.1) is 0 Å². The third-order valence-electron chi connectivity index (χ3n) is 6.29. The van der Waals surface area contributed by atoms with E-state index >= 15 is 0 Å². The van der Waals surface area contributed by atoms with Crippen LogP contribution in [0.2, 0.25) is 0 Å². The van der Waals surface area contributed by atoms with E-state index in [1.54, 1.807) is 24.5 Å². The maximum absolute atomic E-state index is 13.0.